The minimum atomic E-state index is -0.356. The first-order chi connectivity index (χ1) is 10.5. The molecule has 6 nitrogen and oxygen atoms in total. The summed E-state index contributed by atoms with van der Waals surface area (Å²) in [4.78, 5) is 29.9. The first kappa shape index (κ1) is 15.0. The summed E-state index contributed by atoms with van der Waals surface area (Å²) in [6.45, 7) is 7.46. The van der Waals surface area contributed by atoms with E-state index in [4.69, 9.17) is 4.74 Å². The second-order valence-electron chi connectivity index (χ2n) is 6.28. The molecule has 0 atom stereocenters. The zero-order valence-corrected chi connectivity index (χ0v) is 13.0. The van der Waals surface area contributed by atoms with Crippen LogP contribution in [-0.4, -0.2) is 46.3 Å². The molecule has 1 aromatic heterocycles. The van der Waals surface area contributed by atoms with E-state index in [-0.39, 0.29) is 16.8 Å². The Kier molecular flexibility index (Phi) is 3.88. The SMILES string of the molecule is CC(C)(Cn1c(=O)[nH]c2ccccc2c1=O)N1CCOCC1. The third-order valence-corrected chi connectivity index (χ3v) is 4.30. The van der Waals surface area contributed by atoms with E-state index < -0.39 is 0 Å². The van der Waals surface area contributed by atoms with E-state index in [0.717, 1.165) is 13.1 Å². The van der Waals surface area contributed by atoms with Crippen LogP contribution in [0.3, 0.4) is 0 Å². The maximum atomic E-state index is 12.6. The molecular formula is C16H21N3O3. The van der Waals surface area contributed by atoms with E-state index in [1.54, 1.807) is 24.3 Å². The second-order valence-corrected chi connectivity index (χ2v) is 6.28. The number of aromatic nitrogens is 2. The molecule has 1 fully saturated rings. The van der Waals surface area contributed by atoms with Crippen LogP contribution in [0.5, 0.6) is 0 Å². The van der Waals surface area contributed by atoms with E-state index >= 15 is 0 Å². The van der Waals surface area contributed by atoms with Gasteiger partial charge in [0.2, 0.25) is 0 Å². The molecule has 2 heterocycles. The van der Waals surface area contributed by atoms with Gasteiger partial charge in [-0.1, -0.05) is 12.1 Å². The first-order valence-corrected chi connectivity index (χ1v) is 7.54. The molecule has 0 amide bonds. The van der Waals surface area contributed by atoms with Crippen molar-refractivity contribution in [1.29, 1.82) is 0 Å². The molecule has 1 saturated heterocycles. The van der Waals surface area contributed by atoms with Crippen molar-refractivity contribution in [2.24, 2.45) is 0 Å². The van der Waals surface area contributed by atoms with Crippen LogP contribution in [0.2, 0.25) is 0 Å². The van der Waals surface area contributed by atoms with Gasteiger partial charge < -0.3 is 9.72 Å². The lowest BCUT2D eigenvalue weighted by Crippen LogP contribution is -2.54. The summed E-state index contributed by atoms with van der Waals surface area (Å²) in [7, 11) is 0. The number of para-hydroxylation sites is 1. The molecule has 0 radical (unpaired) electrons. The van der Waals surface area contributed by atoms with Gasteiger partial charge in [-0.05, 0) is 26.0 Å². The summed E-state index contributed by atoms with van der Waals surface area (Å²) in [5.74, 6) is 0. The second kappa shape index (κ2) is 5.70. The van der Waals surface area contributed by atoms with Crippen LogP contribution in [-0.2, 0) is 11.3 Å². The van der Waals surface area contributed by atoms with E-state index in [0.29, 0.717) is 30.7 Å². The topological polar surface area (TPSA) is 67.3 Å². The minimum absolute atomic E-state index is 0.235. The van der Waals surface area contributed by atoms with Crippen LogP contribution in [0.15, 0.2) is 33.9 Å². The van der Waals surface area contributed by atoms with Crippen LogP contribution < -0.4 is 11.2 Å². The molecule has 22 heavy (non-hydrogen) atoms. The number of H-pyrrole nitrogens is 1. The van der Waals surface area contributed by atoms with Gasteiger partial charge in [0, 0.05) is 25.2 Å². The Morgan fingerprint density at radius 1 is 1.18 bits per heavy atom. The summed E-state index contributed by atoms with van der Waals surface area (Å²) in [6.07, 6.45) is 0. The van der Waals surface area contributed by atoms with Gasteiger partial charge in [-0.15, -0.1) is 0 Å². The Morgan fingerprint density at radius 3 is 2.59 bits per heavy atom. The van der Waals surface area contributed by atoms with Crippen LogP contribution >= 0.6 is 0 Å². The average Bonchev–Trinajstić information content (AvgIpc) is 2.52. The maximum Gasteiger partial charge on any atom is 0.328 e. The van der Waals surface area contributed by atoms with Crippen molar-refractivity contribution in [3.8, 4) is 0 Å². The highest BCUT2D eigenvalue weighted by molar-refractivity contribution is 5.76. The monoisotopic (exact) mass is 303 g/mol. The van der Waals surface area contributed by atoms with Crippen LogP contribution in [0.25, 0.3) is 10.9 Å². The molecule has 0 saturated carbocycles. The Balaban J connectivity index is 1.99. The van der Waals surface area contributed by atoms with E-state index in [1.165, 1.54) is 4.57 Å². The first-order valence-electron chi connectivity index (χ1n) is 7.54. The predicted octanol–water partition coefficient (Wildman–Crippen LogP) is 0.801. The largest absolute Gasteiger partial charge is 0.379 e. The van der Waals surface area contributed by atoms with Gasteiger partial charge in [-0.2, -0.15) is 0 Å². The Labute approximate surface area is 128 Å². The number of morpholine rings is 1. The van der Waals surface area contributed by atoms with Crippen molar-refractivity contribution < 1.29 is 4.74 Å². The summed E-state index contributed by atoms with van der Waals surface area (Å²) in [5, 5.41) is 0.542. The third-order valence-electron chi connectivity index (χ3n) is 4.30. The van der Waals surface area contributed by atoms with Crippen LogP contribution in [0, 0.1) is 0 Å². The molecule has 0 bridgehead atoms. The molecule has 0 spiro atoms. The van der Waals surface area contributed by atoms with Gasteiger partial charge in [0.15, 0.2) is 0 Å². The summed E-state index contributed by atoms with van der Waals surface area (Å²) >= 11 is 0. The van der Waals surface area contributed by atoms with Gasteiger partial charge in [0.1, 0.15) is 0 Å². The van der Waals surface area contributed by atoms with Crippen molar-refractivity contribution in [1.82, 2.24) is 14.5 Å². The smallest absolute Gasteiger partial charge is 0.328 e. The Bertz CT molecular complexity index is 785. The Morgan fingerprint density at radius 2 is 1.86 bits per heavy atom. The highest BCUT2D eigenvalue weighted by Gasteiger charge is 2.29. The number of fused-ring (bicyclic) bond motifs is 1. The third kappa shape index (κ3) is 2.71. The van der Waals surface area contributed by atoms with Gasteiger partial charge >= 0.3 is 5.69 Å². The fraction of sp³-hybridized carbons (Fsp3) is 0.500. The van der Waals surface area contributed by atoms with Crippen LogP contribution in [0.4, 0.5) is 0 Å². The molecule has 2 aromatic rings. The van der Waals surface area contributed by atoms with Gasteiger partial charge in [-0.25, -0.2) is 4.79 Å². The molecule has 1 aromatic carbocycles. The van der Waals surface area contributed by atoms with E-state index in [2.05, 4.69) is 23.7 Å². The van der Waals surface area contributed by atoms with Crippen molar-refractivity contribution in [3.05, 3.63) is 45.1 Å². The van der Waals surface area contributed by atoms with Gasteiger partial charge in [0.05, 0.1) is 24.1 Å². The number of ether oxygens (including phenoxy) is 1. The van der Waals surface area contributed by atoms with Crippen molar-refractivity contribution in [2.45, 2.75) is 25.9 Å². The molecule has 118 valence electrons. The maximum absolute atomic E-state index is 12.6. The number of aromatic amines is 1. The average molecular weight is 303 g/mol. The number of nitrogens with one attached hydrogen (secondary N) is 1. The number of hydrogen-bond acceptors (Lipinski definition) is 4. The molecule has 1 aliphatic rings. The van der Waals surface area contributed by atoms with Gasteiger partial charge in [-0.3, -0.25) is 14.3 Å². The highest BCUT2D eigenvalue weighted by Crippen LogP contribution is 2.17. The van der Waals surface area contributed by atoms with Crippen molar-refractivity contribution >= 4 is 10.9 Å². The number of rotatable bonds is 3. The van der Waals surface area contributed by atoms with E-state index in [9.17, 15) is 9.59 Å². The normalized spacial score (nSPS) is 17.0. The van der Waals surface area contributed by atoms with Crippen LogP contribution in [0.1, 0.15) is 13.8 Å². The number of benzene rings is 1. The van der Waals surface area contributed by atoms with Crippen molar-refractivity contribution in [2.75, 3.05) is 26.3 Å². The molecule has 1 aliphatic heterocycles. The standard InChI is InChI=1S/C16H21N3O3/c1-16(2,18-7-9-22-10-8-18)11-19-14(20)12-5-3-4-6-13(12)17-15(19)21/h3-6H,7-11H2,1-2H3,(H,17,21). The predicted molar refractivity (Wildman–Crippen MR) is 85.3 cm³/mol. The lowest BCUT2D eigenvalue weighted by Gasteiger charge is -2.40. The minimum Gasteiger partial charge on any atom is -0.379 e. The molecule has 0 aliphatic carbocycles. The number of nitrogens with zero attached hydrogens (tertiary/aromatic N) is 2. The molecular weight excluding hydrogens is 282 g/mol. The fourth-order valence-electron chi connectivity index (χ4n) is 3.00. The zero-order valence-electron chi connectivity index (χ0n) is 13.0. The lowest BCUT2D eigenvalue weighted by molar-refractivity contribution is -0.0162. The summed E-state index contributed by atoms with van der Waals surface area (Å²) < 4.78 is 6.68. The Hall–Kier alpha value is -1.92. The van der Waals surface area contributed by atoms with Gasteiger partial charge in [0.25, 0.3) is 5.56 Å². The summed E-state index contributed by atoms with van der Waals surface area (Å²) in [5.41, 5.74) is -0.299. The van der Waals surface area contributed by atoms with E-state index in [1.807, 2.05) is 0 Å². The molecule has 1 N–H and O–H groups in total. The quantitative estimate of drug-likeness (QED) is 0.911. The summed E-state index contributed by atoms with van der Waals surface area (Å²) in [6, 6.07) is 7.10. The lowest BCUT2D eigenvalue weighted by atomic mass is 10.0. The highest BCUT2D eigenvalue weighted by atomic mass is 16.5. The fourth-order valence-corrected chi connectivity index (χ4v) is 3.00. The molecule has 3 rings (SSSR count). The molecule has 0 unspecified atom stereocenters. The zero-order chi connectivity index (χ0) is 15.7. The molecule has 6 heteroatoms. The van der Waals surface area contributed by atoms with Crippen molar-refractivity contribution in [3.63, 3.8) is 0 Å². The number of hydrogen-bond donors (Lipinski definition) is 1.